The summed E-state index contributed by atoms with van der Waals surface area (Å²) >= 11 is -5.09. The van der Waals surface area contributed by atoms with Crippen LogP contribution in [0.5, 0.6) is 11.5 Å². The average molecular weight is 581 g/mol. The Bertz CT molecular complexity index is 1320. The summed E-state index contributed by atoms with van der Waals surface area (Å²) in [6, 6.07) is 46.7. The molecule has 0 amide bonds. The van der Waals surface area contributed by atoms with Gasteiger partial charge in [0.15, 0.2) is 0 Å². The van der Waals surface area contributed by atoms with Gasteiger partial charge in [-0.2, -0.15) is 0 Å². The van der Waals surface area contributed by atoms with E-state index in [0.29, 0.717) is 5.75 Å². The van der Waals surface area contributed by atoms with E-state index in [1.54, 1.807) is 18.2 Å². The van der Waals surface area contributed by atoms with E-state index in [4.69, 9.17) is 3.02 Å². The van der Waals surface area contributed by atoms with Gasteiger partial charge in [0, 0.05) is 0 Å². The Morgan fingerprint density at radius 3 is 1.25 bits per heavy atom. The molecule has 0 spiro atoms. The fourth-order valence-electron chi connectivity index (χ4n) is 5.03. The second kappa shape index (κ2) is 9.68. The molecule has 36 heavy (non-hydrogen) atoms. The molecule has 0 heterocycles. The van der Waals surface area contributed by atoms with Crippen molar-refractivity contribution in [2.75, 3.05) is 0 Å². The molecule has 1 N–H and O–H groups in total. The molecule has 0 aliphatic heterocycles. The molecular formula is C32H27O3Sb. The van der Waals surface area contributed by atoms with Gasteiger partial charge in [0.2, 0.25) is 0 Å². The molecule has 0 saturated carbocycles. The van der Waals surface area contributed by atoms with E-state index >= 15 is 0 Å². The number of ketones is 1. The molecule has 0 aliphatic carbocycles. The topological polar surface area (TPSA) is 46.5 Å². The fourth-order valence-corrected chi connectivity index (χ4v) is 21.3. The molecule has 178 valence electrons. The first-order valence-corrected chi connectivity index (χ1v) is 18.0. The zero-order valence-electron chi connectivity index (χ0n) is 20.0. The van der Waals surface area contributed by atoms with E-state index in [1.807, 2.05) is 24.3 Å². The Morgan fingerprint density at radius 1 is 0.583 bits per heavy atom. The third-order valence-corrected chi connectivity index (χ3v) is 22.9. The number of rotatable bonds is 7. The SMILES string of the molecule is CC(=O)c1ccc([O][Sb]([c]2ccccc2)([c]2ccccc2)([c]2ccccc2)[c]2ccccc2)cc1O. The quantitative estimate of drug-likeness (QED) is 0.228. The van der Waals surface area contributed by atoms with Gasteiger partial charge in [0.1, 0.15) is 0 Å². The van der Waals surface area contributed by atoms with Gasteiger partial charge in [-0.25, -0.2) is 0 Å². The minimum absolute atomic E-state index is 0.0869. The van der Waals surface area contributed by atoms with Gasteiger partial charge in [-0.3, -0.25) is 0 Å². The monoisotopic (exact) mass is 580 g/mol. The maximum atomic E-state index is 12.0. The molecule has 5 rings (SSSR count). The zero-order chi connectivity index (χ0) is 25.0. The van der Waals surface area contributed by atoms with Crippen LogP contribution in [0.15, 0.2) is 140 Å². The predicted molar refractivity (Wildman–Crippen MR) is 149 cm³/mol. The van der Waals surface area contributed by atoms with Gasteiger partial charge in [-0.15, -0.1) is 0 Å². The number of benzene rings is 5. The number of Topliss-reactive ketones (excluding diaryl/α,β-unsaturated/α-hetero) is 1. The van der Waals surface area contributed by atoms with Crippen molar-refractivity contribution in [2.45, 2.75) is 6.92 Å². The first-order chi connectivity index (χ1) is 17.6. The molecule has 4 heteroatoms. The van der Waals surface area contributed by atoms with Crippen LogP contribution in [-0.2, 0) is 0 Å². The van der Waals surface area contributed by atoms with Crippen molar-refractivity contribution in [2.24, 2.45) is 0 Å². The number of carbonyl (C=O) groups is 1. The summed E-state index contributed by atoms with van der Waals surface area (Å²) < 4.78 is 11.9. The van der Waals surface area contributed by atoms with E-state index < -0.39 is 17.8 Å². The van der Waals surface area contributed by atoms with Gasteiger partial charge in [-0.1, -0.05) is 0 Å². The van der Waals surface area contributed by atoms with Gasteiger partial charge in [-0.05, 0) is 0 Å². The van der Waals surface area contributed by atoms with Gasteiger partial charge < -0.3 is 0 Å². The van der Waals surface area contributed by atoms with Crippen LogP contribution in [0.2, 0.25) is 0 Å². The van der Waals surface area contributed by atoms with Crippen molar-refractivity contribution < 1.29 is 12.9 Å². The van der Waals surface area contributed by atoms with Crippen molar-refractivity contribution in [3.8, 4) is 11.5 Å². The number of phenols is 1. The van der Waals surface area contributed by atoms with Crippen molar-refractivity contribution in [1.29, 1.82) is 0 Å². The van der Waals surface area contributed by atoms with Crippen LogP contribution < -0.4 is 17.1 Å². The Labute approximate surface area is 213 Å². The third kappa shape index (κ3) is 3.72. The van der Waals surface area contributed by atoms with E-state index in [-0.39, 0.29) is 17.1 Å². The standard InChI is InChI=1S/C8H8O3.4C6H5.Sb/c1-5(9)7-3-2-6(10)4-8(7)11;4*1-2-4-6-5-3-1;/h2-4,10-11H,1H3;4*1-5H;/q;;;;;+1/p-1. The Morgan fingerprint density at radius 2 is 0.944 bits per heavy atom. The summed E-state index contributed by atoms with van der Waals surface area (Å²) in [5, 5.41) is 10.7. The molecule has 3 nitrogen and oxygen atoms in total. The summed E-state index contributed by atoms with van der Waals surface area (Å²) in [6.07, 6.45) is 0. The average Bonchev–Trinajstić information content (AvgIpc) is 2.94. The van der Waals surface area contributed by atoms with Gasteiger partial charge in [0.05, 0.1) is 0 Å². The number of aromatic hydroxyl groups is 1. The molecular weight excluding hydrogens is 554 g/mol. The van der Waals surface area contributed by atoms with E-state index in [9.17, 15) is 9.90 Å². The molecule has 0 aliphatic rings. The third-order valence-electron chi connectivity index (χ3n) is 6.63. The number of hydrogen-bond acceptors (Lipinski definition) is 3. The van der Waals surface area contributed by atoms with Crippen LogP contribution in [0.4, 0.5) is 0 Å². The normalized spacial score (nSPS) is 12.3. The first kappa shape index (κ1) is 23.9. The van der Waals surface area contributed by atoms with Crippen molar-refractivity contribution in [1.82, 2.24) is 0 Å². The van der Waals surface area contributed by atoms with Crippen molar-refractivity contribution >= 4 is 37.6 Å². The van der Waals surface area contributed by atoms with Gasteiger partial charge >= 0.3 is 214 Å². The van der Waals surface area contributed by atoms with Gasteiger partial charge in [0.25, 0.3) is 0 Å². The van der Waals surface area contributed by atoms with Crippen molar-refractivity contribution in [3.63, 3.8) is 0 Å². The Balaban J connectivity index is 1.98. The minimum atomic E-state index is -5.09. The number of phenolic OH excluding ortho intramolecular Hbond substituents is 1. The molecule has 0 bridgehead atoms. The van der Waals surface area contributed by atoms with Crippen LogP contribution in [0.25, 0.3) is 0 Å². The molecule has 0 saturated heterocycles. The number of carbonyl (C=O) groups excluding carboxylic acids is 1. The maximum absolute atomic E-state index is 12.0. The second-order valence-corrected chi connectivity index (χ2v) is 21.0. The molecule has 0 fully saturated rings. The molecule has 0 atom stereocenters. The van der Waals surface area contributed by atoms with Crippen LogP contribution in [-0.4, -0.2) is 28.7 Å². The van der Waals surface area contributed by atoms with E-state index in [2.05, 4.69) is 97.1 Å². The van der Waals surface area contributed by atoms with E-state index in [1.165, 1.54) is 6.92 Å². The number of hydrogen-bond donors (Lipinski definition) is 1. The molecule has 5 aromatic rings. The molecule has 5 aromatic carbocycles. The van der Waals surface area contributed by atoms with E-state index in [0.717, 1.165) is 14.0 Å². The van der Waals surface area contributed by atoms with Crippen LogP contribution in [0.1, 0.15) is 17.3 Å². The summed E-state index contributed by atoms with van der Waals surface area (Å²) in [4.78, 5) is 12.0. The second-order valence-electron chi connectivity index (χ2n) is 8.70. The first-order valence-electron chi connectivity index (χ1n) is 11.8. The van der Waals surface area contributed by atoms with Crippen LogP contribution in [0, 0.1) is 0 Å². The predicted octanol–water partition coefficient (Wildman–Crippen LogP) is 4.50. The van der Waals surface area contributed by atoms with Crippen LogP contribution in [0.3, 0.4) is 0 Å². The molecule has 0 radical (unpaired) electrons. The van der Waals surface area contributed by atoms with Crippen LogP contribution >= 0.6 is 0 Å². The van der Waals surface area contributed by atoms with Crippen molar-refractivity contribution in [3.05, 3.63) is 145 Å². The molecule has 0 aromatic heterocycles. The fraction of sp³-hybridized carbons (Fsp3) is 0.0312. The molecule has 0 unspecified atom stereocenters. The zero-order valence-corrected chi connectivity index (χ0v) is 22.5. The summed E-state index contributed by atoms with van der Waals surface area (Å²) in [7, 11) is 0. The Hall–Kier alpha value is -3.81. The summed E-state index contributed by atoms with van der Waals surface area (Å²) in [5.74, 6) is 0.232. The summed E-state index contributed by atoms with van der Waals surface area (Å²) in [6.45, 7) is 1.45. The summed E-state index contributed by atoms with van der Waals surface area (Å²) in [5.41, 5.74) is 0.273. The Kier molecular flexibility index (Phi) is 6.43.